The molecule has 9 atom stereocenters. The van der Waals surface area contributed by atoms with Crippen LogP contribution in [0.25, 0.3) is 0 Å². The van der Waals surface area contributed by atoms with Crippen LogP contribution in [0.3, 0.4) is 0 Å². The summed E-state index contributed by atoms with van der Waals surface area (Å²) in [5, 5.41) is 59.2. The van der Waals surface area contributed by atoms with Crippen molar-refractivity contribution < 1.29 is 43.9 Å². The number of ether oxygens (including phenoxy) is 2. The standard InChI is InChI=1S/C27H41FN4O8Si/c1-15-19(39-20(25(15)41(2,3)28)9-11-32-14-18(10-12-33)30-31-32)8-7-16-5-4-6-17(13-16)29-26(37)24-22(35)21(34)23(36)27(38)40-24/h4-6,13-15,19-25,27,33-36,38H,7-12H2,1-3H3,(H,29,37)/t15-,19+,20-,21-,22-,23+,24-,25+,27+/m0/s1. The normalized spacial score (nSPS) is 32.3. The number of rotatable bonds is 11. The number of hydrogen-bond donors (Lipinski definition) is 6. The number of aromatic nitrogens is 3. The Morgan fingerprint density at radius 1 is 1.07 bits per heavy atom. The second-order valence-electron chi connectivity index (χ2n) is 11.5. The average Bonchev–Trinajstić information content (AvgIpc) is 3.50. The van der Waals surface area contributed by atoms with Crippen molar-refractivity contribution in [3.8, 4) is 0 Å². The summed E-state index contributed by atoms with van der Waals surface area (Å²) in [6.07, 6.45) is -4.85. The van der Waals surface area contributed by atoms with Crippen LogP contribution >= 0.6 is 0 Å². The van der Waals surface area contributed by atoms with Crippen molar-refractivity contribution in [3.63, 3.8) is 0 Å². The number of nitrogens with zero attached hydrogens (tertiary/aromatic N) is 3. The Morgan fingerprint density at radius 3 is 2.54 bits per heavy atom. The minimum absolute atomic E-state index is 0.0000460. The third kappa shape index (κ3) is 7.56. The van der Waals surface area contributed by atoms with Gasteiger partial charge in [-0.05, 0) is 56.0 Å². The highest BCUT2D eigenvalue weighted by Crippen LogP contribution is 2.47. The Kier molecular flexibility index (Phi) is 10.3. The molecule has 41 heavy (non-hydrogen) atoms. The number of amides is 1. The van der Waals surface area contributed by atoms with Crippen LogP contribution in [0.5, 0.6) is 0 Å². The molecular formula is C27H41FN4O8Si. The molecule has 0 bridgehead atoms. The van der Waals surface area contributed by atoms with Crippen molar-refractivity contribution in [2.45, 2.75) is 101 Å². The van der Waals surface area contributed by atoms with Crippen molar-refractivity contribution in [1.82, 2.24) is 15.0 Å². The highest BCUT2D eigenvalue weighted by molar-refractivity contribution is 6.72. The predicted octanol–water partition coefficient (Wildman–Crippen LogP) is 0.523. The van der Waals surface area contributed by atoms with Gasteiger partial charge in [0.05, 0.1) is 17.9 Å². The van der Waals surface area contributed by atoms with E-state index in [9.17, 15) is 25.2 Å². The second kappa shape index (κ2) is 13.3. The molecule has 4 rings (SSSR count). The molecule has 0 saturated carbocycles. The van der Waals surface area contributed by atoms with Crippen LogP contribution in [-0.4, -0.2) is 104 Å². The zero-order valence-electron chi connectivity index (χ0n) is 23.5. The van der Waals surface area contributed by atoms with E-state index < -0.39 is 45.0 Å². The van der Waals surface area contributed by atoms with Gasteiger partial charge in [0.15, 0.2) is 12.4 Å². The molecule has 12 nitrogen and oxygen atoms in total. The number of aliphatic hydroxyl groups excluding tert-OH is 5. The molecule has 1 aromatic carbocycles. The number of hydrogen-bond acceptors (Lipinski definition) is 10. The van der Waals surface area contributed by atoms with Gasteiger partial charge in [-0.2, -0.15) is 0 Å². The monoisotopic (exact) mass is 596 g/mol. The van der Waals surface area contributed by atoms with Crippen LogP contribution in [0.4, 0.5) is 9.80 Å². The molecule has 6 N–H and O–H groups in total. The van der Waals surface area contributed by atoms with E-state index in [4.69, 9.17) is 14.6 Å². The average molecular weight is 597 g/mol. The summed E-state index contributed by atoms with van der Waals surface area (Å²) < 4.78 is 28.6. The van der Waals surface area contributed by atoms with E-state index in [-0.39, 0.29) is 30.3 Å². The molecule has 0 radical (unpaired) electrons. The quantitative estimate of drug-likeness (QED) is 0.158. The highest BCUT2D eigenvalue weighted by atomic mass is 28.4. The summed E-state index contributed by atoms with van der Waals surface area (Å²) >= 11 is 0. The molecule has 1 amide bonds. The number of halogens is 1. The molecule has 2 saturated heterocycles. The first kappa shape index (κ1) is 31.6. The van der Waals surface area contributed by atoms with Gasteiger partial charge in [-0.15, -0.1) is 5.10 Å². The Balaban J connectivity index is 1.35. The van der Waals surface area contributed by atoms with Crippen LogP contribution < -0.4 is 5.32 Å². The Morgan fingerprint density at radius 2 is 1.83 bits per heavy atom. The second-order valence-corrected chi connectivity index (χ2v) is 15.3. The van der Waals surface area contributed by atoms with Gasteiger partial charge >= 0.3 is 0 Å². The zero-order valence-corrected chi connectivity index (χ0v) is 24.5. The van der Waals surface area contributed by atoms with Gasteiger partial charge in [0.25, 0.3) is 5.91 Å². The van der Waals surface area contributed by atoms with E-state index in [1.54, 1.807) is 42.2 Å². The maximum atomic E-state index is 15.5. The van der Waals surface area contributed by atoms with Crippen molar-refractivity contribution >= 4 is 20.0 Å². The molecule has 2 aromatic rings. The lowest BCUT2D eigenvalue weighted by molar-refractivity contribution is -0.274. The third-order valence-electron chi connectivity index (χ3n) is 8.05. The van der Waals surface area contributed by atoms with Crippen LogP contribution in [0.1, 0.15) is 31.0 Å². The number of aliphatic hydroxyl groups is 5. The van der Waals surface area contributed by atoms with Gasteiger partial charge in [0.1, 0.15) is 18.3 Å². The van der Waals surface area contributed by atoms with E-state index in [1.807, 2.05) is 13.0 Å². The molecule has 0 aliphatic carbocycles. The lowest BCUT2D eigenvalue weighted by Gasteiger charge is -2.37. The molecular weight excluding hydrogens is 555 g/mol. The highest BCUT2D eigenvalue weighted by Gasteiger charge is 2.51. The van der Waals surface area contributed by atoms with Gasteiger partial charge in [-0.3, -0.25) is 9.48 Å². The number of carbonyl (C=O) groups is 1. The van der Waals surface area contributed by atoms with E-state index in [2.05, 4.69) is 15.6 Å². The number of nitrogens with one attached hydrogen (secondary N) is 1. The number of aryl methyl sites for hydroxylation is 2. The van der Waals surface area contributed by atoms with Crippen molar-refractivity contribution in [1.29, 1.82) is 0 Å². The van der Waals surface area contributed by atoms with Gasteiger partial charge < -0.3 is 44.4 Å². The molecule has 228 valence electrons. The molecule has 1 aromatic heterocycles. The van der Waals surface area contributed by atoms with Crippen molar-refractivity contribution in [3.05, 3.63) is 41.7 Å². The van der Waals surface area contributed by atoms with E-state index in [0.29, 0.717) is 43.6 Å². The lowest BCUT2D eigenvalue weighted by atomic mass is 9.95. The summed E-state index contributed by atoms with van der Waals surface area (Å²) in [6, 6.07) is 7.10. The first-order valence-electron chi connectivity index (χ1n) is 14.0. The first-order valence-corrected chi connectivity index (χ1v) is 17.0. The molecule has 0 spiro atoms. The van der Waals surface area contributed by atoms with Crippen molar-refractivity contribution in [2.24, 2.45) is 5.92 Å². The van der Waals surface area contributed by atoms with Crippen LogP contribution in [0.2, 0.25) is 18.6 Å². The zero-order chi connectivity index (χ0) is 29.9. The SMILES string of the molecule is C[C@@H]1[C@@H]([Si](C)(C)F)[C@H](CCn2cc(CCO)nn2)O[C@@H]1CCc1cccc(NC(=O)[C@H]2O[C@@H](O)[C@H](O)[C@@H](O)[C@@H]2O)c1. The van der Waals surface area contributed by atoms with Gasteiger partial charge in [-0.1, -0.05) is 24.3 Å². The third-order valence-corrected chi connectivity index (χ3v) is 10.5. The maximum Gasteiger partial charge on any atom is 0.256 e. The van der Waals surface area contributed by atoms with E-state index in [1.165, 1.54) is 0 Å². The van der Waals surface area contributed by atoms with Crippen molar-refractivity contribution in [2.75, 3.05) is 11.9 Å². The molecule has 2 fully saturated rings. The van der Waals surface area contributed by atoms with E-state index >= 15 is 4.11 Å². The summed E-state index contributed by atoms with van der Waals surface area (Å²) in [4.78, 5) is 12.7. The van der Waals surface area contributed by atoms with Crippen LogP contribution in [0.15, 0.2) is 30.5 Å². The molecule has 2 aliphatic rings. The fraction of sp³-hybridized carbons (Fsp3) is 0.667. The summed E-state index contributed by atoms with van der Waals surface area (Å²) in [5.41, 5.74) is 1.87. The Hall–Kier alpha value is -2.30. The summed E-state index contributed by atoms with van der Waals surface area (Å²) in [6.45, 7) is 6.03. The van der Waals surface area contributed by atoms with Crippen LogP contribution in [0, 0.1) is 5.92 Å². The minimum Gasteiger partial charge on any atom is -0.396 e. The lowest BCUT2D eigenvalue weighted by Crippen LogP contribution is -2.60. The Bertz CT molecular complexity index is 1170. The summed E-state index contributed by atoms with van der Waals surface area (Å²) in [5.74, 6) is -0.752. The van der Waals surface area contributed by atoms with E-state index in [0.717, 1.165) is 5.56 Å². The fourth-order valence-corrected chi connectivity index (χ4v) is 8.58. The molecule has 3 heterocycles. The fourth-order valence-electron chi connectivity index (χ4n) is 5.99. The van der Waals surface area contributed by atoms with Crippen LogP contribution in [-0.2, 0) is 33.7 Å². The first-order chi connectivity index (χ1) is 19.4. The molecule has 14 heteroatoms. The maximum absolute atomic E-state index is 15.5. The van der Waals surface area contributed by atoms with Gasteiger partial charge in [0.2, 0.25) is 8.41 Å². The number of benzene rings is 1. The largest absolute Gasteiger partial charge is 0.396 e. The van der Waals surface area contributed by atoms with Gasteiger partial charge in [0, 0.05) is 37.0 Å². The smallest absolute Gasteiger partial charge is 0.256 e. The predicted molar refractivity (Wildman–Crippen MR) is 148 cm³/mol. The topological polar surface area (TPSA) is 179 Å². The number of carbonyl (C=O) groups excluding carboxylic acids is 1. The number of anilines is 1. The van der Waals surface area contributed by atoms with Gasteiger partial charge in [-0.25, -0.2) is 0 Å². The molecule has 0 unspecified atom stereocenters. The summed E-state index contributed by atoms with van der Waals surface area (Å²) in [7, 11) is -3.04. The Labute approximate surface area is 239 Å². The molecule has 2 aliphatic heterocycles. The minimum atomic E-state index is -3.04.